The molecular formula is C19H22N6O. The molecule has 4 heterocycles. The van der Waals surface area contributed by atoms with Crippen LogP contribution in [0.2, 0.25) is 0 Å². The highest BCUT2D eigenvalue weighted by Gasteiger charge is 2.28. The number of anilines is 1. The smallest absolute Gasteiger partial charge is 0.231 e. The lowest BCUT2D eigenvalue weighted by atomic mass is 9.97. The Labute approximate surface area is 152 Å². The molecule has 1 aliphatic rings. The molecule has 1 N–H and O–H groups in total. The summed E-state index contributed by atoms with van der Waals surface area (Å²) in [7, 11) is 0. The van der Waals surface area contributed by atoms with E-state index in [-0.39, 0.29) is 11.8 Å². The lowest BCUT2D eigenvalue weighted by Crippen LogP contribution is -2.43. The maximum Gasteiger partial charge on any atom is 0.231 e. The van der Waals surface area contributed by atoms with Crippen molar-refractivity contribution in [2.75, 3.05) is 18.0 Å². The first-order chi connectivity index (χ1) is 12.7. The van der Waals surface area contributed by atoms with Crippen molar-refractivity contribution in [2.45, 2.75) is 26.3 Å². The third-order valence-electron chi connectivity index (χ3n) is 4.87. The van der Waals surface area contributed by atoms with E-state index in [9.17, 15) is 4.79 Å². The summed E-state index contributed by atoms with van der Waals surface area (Å²) in [6.07, 6.45) is 5.37. The van der Waals surface area contributed by atoms with Crippen molar-refractivity contribution in [3.8, 4) is 0 Å². The van der Waals surface area contributed by atoms with Gasteiger partial charge in [-0.1, -0.05) is 12.1 Å². The number of hydrogen-bond donors (Lipinski definition) is 1. The number of nitrogens with zero attached hydrogens (tertiary/aromatic N) is 5. The van der Waals surface area contributed by atoms with Crippen LogP contribution in [-0.2, 0) is 11.3 Å². The van der Waals surface area contributed by atoms with Crippen molar-refractivity contribution in [1.29, 1.82) is 0 Å². The van der Waals surface area contributed by atoms with Crippen LogP contribution in [0.5, 0.6) is 0 Å². The number of aromatic nitrogens is 4. The van der Waals surface area contributed by atoms with Crippen molar-refractivity contribution in [3.05, 3.63) is 54.0 Å². The zero-order valence-corrected chi connectivity index (χ0v) is 14.8. The molecule has 0 radical (unpaired) electrons. The van der Waals surface area contributed by atoms with Gasteiger partial charge in [0.05, 0.1) is 5.92 Å². The SMILES string of the molecule is Cc1cccc2nnc(N3CCCC(C(=O)NCc4cccnc4)C3)n12. The molecule has 0 aromatic carbocycles. The highest BCUT2D eigenvalue weighted by Crippen LogP contribution is 2.23. The van der Waals surface area contributed by atoms with Crippen LogP contribution in [0.25, 0.3) is 5.65 Å². The molecule has 0 aliphatic carbocycles. The Kier molecular flexibility index (Phi) is 4.51. The van der Waals surface area contributed by atoms with Gasteiger partial charge in [-0.25, -0.2) is 0 Å². The topological polar surface area (TPSA) is 75.4 Å². The van der Waals surface area contributed by atoms with Gasteiger partial charge in [-0.05, 0) is 43.5 Å². The van der Waals surface area contributed by atoms with E-state index in [1.165, 1.54) is 0 Å². The number of piperidine rings is 1. The van der Waals surface area contributed by atoms with Gasteiger partial charge in [0.2, 0.25) is 11.9 Å². The van der Waals surface area contributed by atoms with Crippen LogP contribution in [-0.4, -0.2) is 38.6 Å². The molecule has 0 spiro atoms. The predicted octanol–water partition coefficient (Wildman–Crippen LogP) is 1.97. The van der Waals surface area contributed by atoms with E-state index in [1.54, 1.807) is 12.4 Å². The lowest BCUT2D eigenvalue weighted by Gasteiger charge is -2.32. The molecule has 4 rings (SSSR count). The highest BCUT2D eigenvalue weighted by molar-refractivity contribution is 5.79. The van der Waals surface area contributed by atoms with E-state index in [1.807, 2.05) is 37.3 Å². The number of hydrogen-bond acceptors (Lipinski definition) is 5. The van der Waals surface area contributed by atoms with Gasteiger partial charge in [0.15, 0.2) is 5.65 Å². The summed E-state index contributed by atoms with van der Waals surface area (Å²) in [6, 6.07) is 9.82. The minimum Gasteiger partial charge on any atom is -0.352 e. The summed E-state index contributed by atoms with van der Waals surface area (Å²) < 4.78 is 2.05. The summed E-state index contributed by atoms with van der Waals surface area (Å²) in [5, 5.41) is 11.7. The third-order valence-corrected chi connectivity index (χ3v) is 4.87. The van der Waals surface area contributed by atoms with Gasteiger partial charge in [0.25, 0.3) is 0 Å². The van der Waals surface area contributed by atoms with E-state index in [2.05, 4.69) is 29.8 Å². The molecule has 1 atom stereocenters. The fraction of sp³-hybridized carbons (Fsp3) is 0.368. The normalized spacial score (nSPS) is 17.4. The van der Waals surface area contributed by atoms with Gasteiger partial charge in [0.1, 0.15) is 0 Å². The second-order valence-electron chi connectivity index (χ2n) is 6.73. The van der Waals surface area contributed by atoms with Gasteiger partial charge in [-0.3, -0.25) is 14.2 Å². The Morgan fingerprint density at radius 2 is 2.19 bits per heavy atom. The zero-order valence-electron chi connectivity index (χ0n) is 14.8. The number of aryl methyl sites for hydroxylation is 1. The monoisotopic (exact) mass is 350 g/mol. The van der Waals surface area contributed by atoms with E-state index in [0.717, 1.165) is 42.2 Å². The number of nitrogens with one attached hydrogen (secondary N) is 1. The first kappa shape index (κ1) is 16.5. The summed E-state index contributed by atoms with van der Waals surface area (Å²) in [5.41, 5.74) is 2.93. The first-order valence-electron chi connectivity index (χ1n) is 8.94. The van der Waals surface area contributed by atoms with E-state index < -0.39 is 0 Å². The number of carbonyl (C=O) groups is 1. The van der Waals surface area contributed by atoms with Crippen LogP contribution in [0.1, 0.15) is 24.1 Å². The van der Waals surface area contributed by atoms with Gasteiger partial charge < -0.3 is 10.2 Å². The van der Waals surface area contributed by atoms with Gasteiger partial charge in [-0.15, -0.1) is 10.2 Å². The van der Waals surface area contributed by atoms with E-state index >= 15 is 0 Å². The molecule has 1 unspecified atom stereocenters. The van der Waals surface area contributed by atoms with Crippen LogP contribution in [0.3, 0.4) is 0 Å². The summed E-state index contributed by atoms with van der Waals surface area (Å²) >= 11 is 0. The number of fused-ring (bicyclic) bond motifs is 1. The number of amides is 1. The number of pyridine rings is 2. The molecule has 3 aromatic heterocycles. The van der Waals surface area contributed by atoms with Crippen molar-refractivity contribution in [1.82, 2.24) is 24.9 Å². The van der Waals surface area contributed by atoms with Crippen molar-refractivity contribution in [3.63, 3.8) is 0 Å². The van der Waals surface area contributed by atoms with Crippen molar-refractivity contribution in [2.24, 2.45) is 5.92 Å². The molecule has 7 nitrogen and oxygen atoms in total. The molecule has 26 heavy (non-hydrogen) atoms. The van der Waals surface area contributed by atoms with Crippen LogP contribution in [0.4, 0.5) is 5.95 Å². The molecule has 0 saturated carbocycles. The largest absolute Gasteiger partial charge is 0.352 e. The zero-order chi connectivity index (χ0) is 17.9. The first-order valence-corrected chi connectivity index (χ1v) is 8.94. The maximum atomic E-state index is 12.6. The number of carbonyl (C=O) groups excluding carboxylic acids is 1. The Hall–Kier alpha value is -2.96. The Bertz CT molecular complexity index is 907. The molecule has 1 amide bonds. The van der Waals surface area contributed by atoms with Crippen molar-refractivity contribution < 1.29 is 4.79 Å². The average Bonchev–Trinajstić information content (AvgIpc) is 3.13. The predicted molar refractivity (Wildman–Crippen MR) is 98.7 cm³/mol. The standard InChI is InChI=1S/C19H22N6O/c1-14-5-2-8-17-22-23-19(25(14)17)24-10-4-7-16(13-24)18(26)21-12-15-6-3-9-20-11-15/h2-3,5-6,8-9,11,16H,4,7,10,12-13H2,1H3,(H,21,26). The lowest BCUT2D eigenvalue weighted by molar-refractivity contribution is -0.125. The minimum absolute atomic E-state index is 0.0446. The molecule has 1 saturated heterocycles. The van der Waals surface area contributed by atoms with E-state index in [0.29, 0.717) is 13.1 Å². The fourth-order valence-electron chi connectivity index (χ4n) is 3.50. The van der Waals surface area contributed by atoms with Gasteiger partial charge in [0, 0.05) is 37.7 Å². The summed E-state index contributed by atoms with van der Waals surface area (Å²) in [4.78, 5) is 18.9. The van der Waals surface area contributed by atoms with Gasteiger partial charge in [-0.2, -0.15) is 0 Å². The fourth-order valence-corrected chi connectivity index (χ4v) is 3.50. The molecule has 1 fully saturated rings. The van der Waals surface area contributed by atoms with Crippen molar-refractivity contribution >= 4 is 17.5 Å². The molecule has 0 bridgehead atoms. The Balaban J connectivity index is 1.46. The molecule has 134 valence electrons. The molecular weight excluding hydrogens is 328 g/mol. The maximum absolute atomic E-state index is 12.6. The average molecular weight is 350 g/mol. The van der Waals surface area contributed by atoms with Crippen LogP contribution >= 0.6 is 0 Å². The minimum atomic E-state index is -0.0446. The molecule has 1 aliphatic heterocycles. The summed E-state index contributed by atoms with van der Waals surface area (Å²) in [6.45, 7) is 4.10. The second kappa shape index (κ2) is 7.11. The quantitative estimate of drug-likeness (QED) is 0.778. The highest BCUT2D eigenvalue weighted by atomic mass is 16.1. The van der Waals surface area contributed by atoms with Crippen LogP contribution in [0.15, 0.2) is 42.7 Å². The Morgan fingerprint density at radius 3 is 3.04 bits per heavy atom. The Morgan fingerprint density at radius 1 is 1.27 bits per heavy atom. The molecule has 3 aromatic rings. The van der Waals surface area contributed by atoms with Gasteiger partial charge >= 0.3 is 0 Å². The number of rotatable bonds is 4. The van der Waals surface area contributed by atoms with E-state index in [4.69, 9.17) is 0 Å². The summed E-state index contributed by atoms with van der Waals surface area (Å²) in [5.74, 6) is 0.865. The second-order valence-corrected chi connectivity index (χ2v) is 6.73. The van der Waals surface area contributed by atoms with Crippen LogP contribution < -0.4 is 10.2 Å². The third kappa shape index (κ3) is 3.24. The molecule has 7 heteroatoms. The van der Waals surface area contributed by atoms with Crippen LogP contribution in [0, 0.1) is 12.8 Å².